The van der Waals surface area contributed by atoms with Crippen LogP contribution in [0.5, 0.6) is 5.75 Å². The second-order valence-electron chi connectivity index (χ2n) is 9.46. The van der Waals surface area contributed by atoms with E-state index in [2.05, 4.69) is 51.6 Å². The molecule has 1 amide bonds. The standard InChI is InChI=1S/C24H33BrClN5O3Si/c1-30(24(32)18-11-12-20(26)19(25)16-18)21-8-5-6-9-22(21)34-13-7-10-23-27-29-31(28-23)17-33-14-15-35(2,3)4/h5-6,8-9,11-12,16,29H,7,10,13-15,17H2,1-4H3,(H,27,28). The van der Waals surface area contributed by atoms with E-state index in [1.807, 2.05) is 24.3 Å². The highest BCUT2D eigenvalue weighted by molar-refractivity contribution is 9.10. The van der Waals surface area contributed by atoms with Crippen molar-refractivity contribution >= 4 is 53.0 Å². The molecule has 0 atom stereocenters. The van der Waals surface area contributed by atoms with E-state index in [4.69, 9.17) is 21.1 Å². The molecule has 11 heteroatoms. The second kappa shape index (κ2) is 12.7. The lowest BCUT2D eigenvalue weighted by atomic mass is 10.2. The lowest BCUT2D eigenvalue weighted by Gasteiger charge is -2.21. The number of para-hydroxylation sites is 2. The van der Waals surface area contributed by atoms with E-state index in [0.29, 0.717) is 46.3 Å². The van der Waals surface area contributed by atoms with Gasteiger partial charge in [-0.2, -0.15) is 0 Å². The fourth-order valence-electron chi connectivity index (χ4n) is 3.24. The van der Waals surface area contributed by atoms with Crippen molar-refractivity contribution in [3.63, 3.8) is 0 Å². The summed E-state index contributed by atoms with van der Waals surface area (Å²) in [7, 11) is 0.640. The van der Waals surface area contributed by atoms with Crippen LogP contribution >= 0.6 is 27.5 Å². The minimum absolute atomic E-state index is 0.152. The molecule has 0 aliphatic carbocycles. The lowest BCUT2D eigenvalue weighted by Crippen LogP contribution is -2.43. The number of halogens is 2. The highest BCUT2D eigenvalue weighted by Crippen LogP contribution is 2.30. The minimum Gasteiger partial charge on any atom is -0.491 e. The predicted molar refractivity (Wildman–Crippen MR) is 148 cm³/mol. The Morgan fingerprint density at radius 3 is 2.71 bits per heavy atom. The third kappa shape index (κ3) is 8.50. The van der Waals surface area contributed by atoms with Crippen LogP contribution in [0.1, 0.15) is 23.2 Å². The van der Waals surface area contributed by atoms with E-state index in [9.17, 15) is 4.79 Å². The van der Waals surface area contributed by atoms with E-state index in [-0.39, 0.29) is 5.91 Å². The molecule has 0 radical (unpaired) electrons. The molecule has 3 rings (SSSR count). The number of hydrogen-bond donors (Lipinski definition) is 2. The number of carbonyl (C=O) groups is 1. The molecule has 2 N–H and O–H groups in total. The first kappa shape index (κ1) is 27.5. The smallest absolute Gasteiger partial charge is 0.258 e. The molecule has 1 heterocycles. The first-order chi connectivity index (χ1) is 16.6. The Kier molecular flexibility index (Phi) is 9.99. The first-order valence-corrected chi connectivity index (χ1v) is 16.4. The summed E-state index contributed by atoms with van der Waals surface area (Å²) in [5.41, 5.74) is 7.35. The largest absolute Gasteiger partial charge is 0.491 e. The number of hydrazone groups is 1. The maximum atomic E-state index is 13.0. The highest BCUT2D eigenvalue weighted by Gasteiger charge is 2.19. The van der Waals surface area contributed by atoms with Gasteiger partial charge in [0.15, 0.2) is 0 Å². The topological polar surface area (TPSA) is 78.4 Å². The van der Waals surface area contributed by atoms with Gasteiger partial charge in [0, 0.05) is 38.2 Å². The number of hydrogen-bond acceptors (Lipinski definition) is 7. The van der Waals surface area contributed by atoms with E-state index in [1.54, 1.807) is 35.3 Å². The van der Waals surface area contributed by atoms with Gasteiger partial charge in [-0.05, 0) is 58.7 Å². The number of anilines is 1. The van der Waals surface area contributed by atoms with Crippen molar-refractivity contribution < 1.29 is 14.3 Å². The van der Waals surface area contributed by atoms with Crippen LogP contribution in [0.4, 0.5) is 5.69 Å². The van der Waals surface area contributed by atoms with Crippen LogP contribution in [0.2, 0.25) is 30.7 Å². The van der Waals surface area contributed by atoms with Crippen molar-refractivity contribution in [3.05, 3.63) is 57.5 Å². The van der Waals surface area contributed by atoms with Gasteiger partial charge < -0.3 is 14.4 Å². The van der Waals surface area contributed by atoms with Crippen molar-refractivity contribution in [2.45, 2.75) is 38.5 Å². The Balaban J connectivity index is 1.44. The molecular formula is C24H33BrClN5O3Si. The van der Waals surface area contributed by atoms with Crippen molar-refractivity contribution in [2.24, 2.45) is 5.10 Å². The number of nitrogens with zero attached hydrogens (tertiary/aromatic N) is 3. The summed E-state index contributed by atoms with van der Waals surface area (Å²) in [6.45, 7) is 8.66. The molecule has 0 unspecified atom stereocenters. The zero-order valence-electron chi connectivity index (χ0n) is 20.6. The van der Waals surface area contributed by atoms with Gasteiger partial charge in [-0.1, -0.05) is 48.5 Å². The van der Waals surface area contributed by atoms with Gasteiger partial charge in [-0.25, -0.2) is 5.53 Å². The van der Waals surface area contributed by atoms with Gasteiger partial charge in [-0.15, -0.1) is 5.10 Å². The van der Waals surface area contributed by atoms with E-state index in [1.165, 1.54) is 0 Å². The third-order valence-electron chi connectivity index (χ3n) is 5.30. The molecule has 2 aromatic rings. The van der Waals surface area contributed by atoms with Crippen LogP contribution in [-0.4, -0.2) is 51.9 Å². The van der Waals surface area contributed by atoms with Gasteiger partial charge in [0.25, 0.3) is 5.91 Å². The average Bonchev–Trinajstić information content (AvgIpc) is 3.28. The Morgan fingerprint density at radius 1 is 1.20 bits per heavy atom. The van der Waals surface area contributed by atoms with E-state index < -0.39 is 8.07 Å². The van der Waals surface area contributed by atoms with Crippen LogP contribution < -0.4 is 20.6 Å². The quantitative estimate of drug-likeness (QED) is 0.255. The summed E-state index contributed by atoms with van der Waals surface area (Å²) in [6.07, 6.45) is 1.47. The SMILES string of the molecule is CN(C(=O)c1ccc(Cl)c(Br)c1)c1ccccc1OCCCC1=NNN(COCC[Si](C)(C)C)N1. The number of nitrogens with one attached hydrogen (secondary N) is 2. The summed E-state index contributed by atoms with van der Waals surface area (Å²) in [4.78, 5) is 14.6. The first-order valence-electron chi connectivity index (χ1n) is 11.5. The summed E-state index contributed by atoms with van der Waals surface area (Å²) < 4.78 is 12.4. The number of carbonyl (C=O) groups excluding carboxylic acids is 1. The maximum Gasteiger partial charge on any atom is 0.258 e. The summed E-state index contributed by atoms with van der Waals surface area (Å²) in [6, 6.07) is 13.8. The molecule has 0 bridgehead atoms. The van der Waals surface area contributed by atoms with E-state index in [0.717, 1.165) is 24.9 Å². The molecule has 0 fully saturated rings. The molecule has 2 aromatic carbocycles. The van der Waals surface area contributed by atoms with Crippen molar-refractivity contribution in [1.29, 1.82) is 0 Å². The van der Waals surface area contributed by atoms with Crippen LogP contribution in [0.3, 0.4) is 0 Å². The second-order valence-corrected chi connectivity index (χ2v) is 16.3. The summed E-state index contributed by atoms with van der Waals surface area (Å²) in [5.74, 6) is 1.32. The number of amidine groups is 1. The molecule has 0 saturated carbocycles. The van der Waals surface area contributed by atoms with Gasteiger partial charge in [-0.3, -0.25) is 10.2 Å². The van der Waals surface area contributed by atoms with Crippen LogP contribution in [0.15, 0.2) is 52.0 Å². The molecule has 190 valence electrons. The van der Waals surface area contributed by atoms with Gasteiger partial charge in [0.2, 0.25) is 0 Å². The molecule has 1 aliphatic heterocycles. The number of ether oxygens (including phenoxy) is 2. The predicted octanol–water partition coefficient (Wildman–Crippen LogP) is 5.49. The fraction of sp³-hybridized carbons (Fsp3) is 0.417. The van der Waals surface area contributed by atoms with Gasteiger partial charge in [0.1, 0.15) is 18.3 Å². The van der Waals surface area contributed by atoms with Crippen LogP contribution in [-0.2, 0) is 4.74 Å². The highest BCUT2D eigenvalue weighted by atomic mass is 79.9. The van der Waals surface area contributed by atoms with Crippen LogP contribution in [0, 0.1) is 0 Å². The van der Waals surface area contributed by atoms with Crippen molar-refractivity contribution in [3.8, 4) is 5.75 Å². The minimum atomic E-state index is -1.09. The molecule has 0 spiro atoms. The molecule has 8 nitrogen and oxygen atoms in total. The van der Waals surface area contributed by atoms with Crippen molar-refractivity contribution in [2.75, 3.05) is 31.9 Å². The monoisotopic (exact) mass is 581 g/mol. The zero-order valence-corrected chi connectivity index (χ0v) is 23.9. The number of benzene rings is 2. The normalized spacial score (nSPS) is 13.7. The lowest BCUT2D eigenvalue weighted by molar-refractivity contribution is -0.00430. The molecule has 0 saturated heterocycles. The number of hydrazine groups is 2. The Morgan fingerprint density at radius 2 is 1.97 bits per heavy atom. The van der Waals surface area contributed by atoms with Crippen LogP contribution in [0.25, 0.3) is 0 Å². The molecule has 1 aliphatic rings. The Hall–Kier alpha value is -2.11. The molecule has 0 aromatic heterocycles. The maximum absolute atomic E-state index is 13.0. The van der Waals surface area contributed by atoms with E-state index >= 15 is 0 Å². The number of rotatable bonds is 12. The fourth-order valence-corrected chi connectivity index (χ4v) is 4.50. The Labute approximate surface area is 221 Å². The molecular weight excluding hydrogens is 550 g/mol. The molecule has 35 heavy (non-hydrogen) atoms. The summed E-state index contributed by atoms with van der Waals surface area (Å²) in [5, 5.41) is 6.58. The van der Waals surface area contributed by atoms with Gasteiger partial charge in [0.05, 0.1) is 17.3 Å². The van der Waals surface area contributed by atoms with Crippen molar-refractivity contribution in [1.82, 2.24) is 16.1 Å². The Bertz CT molecular complexity index is 1050. The third-order valence-corrected chi connectivity index (χ3v) is 8.22. The van der Waals surface area contributed by atoms with Gasteiger partial charge >= 0.3 is 0 Å². The average molecular weight is 583 g/mol. The summed E-state index contributed by atoms with van der Waals surface area (Å²) >= 11 is 9.44. The number of amides is 1. The zero-order chi connectivity index (χ0) is 25.4.